The van der Waals surface area contributed by atoms with E-state index >= 15 is 0 Å². The monoisotopic (exact) mass is 409 g/mol. The average Bonchev–Trinajstić information content (AvgIpc) is 3.30. The van der Waals surface area contributed by atoms with Crippen molar-refractivity contribution in [1.29, 1.82) is 0 Å². The van der Waals surface area contributed by atoms with Gasteiger partial charge in [-0.25, -0.2) is 9.80 Å². The van der Waals surface area contributed by atoms with Crippen molar-refractivity contribution in [2.24, 2.45) is 27.3 Å². The van der Waals surface area contributed by atoms with Crippen LogP contribution in [0.5, 0.6) is 0 Å². The number of nitrogens with zero attached hydrogens (tertiary/aromatic N) is 2. The van der Waals surface area contributed by atoms with E-state index < -0.39 is 0 Å². The summed E-state index contributed by atoms with van der Waals surface area (Å²) in [5, 5.41) is 10.1. The second-order valence-corrected chi connectivity index (χ2v) is 11.3. The van der Waals surface area contributed by atoms with E-state index in [9.17, 15) is 4.79 Å². The predicted octanol–water partition coefficient (Wildman–Crippen LogP) is 6.19. The van der Waals surface area contributed by atoms with Gasteiger partial charge in [-0.3, -0.25) is 0 Å². The van der Waals surface area contributed by atoms with Crippen molar-refractivity contribution in [3.05, 3.63) is 35.9 Å². The van der Waals surface area contributed by atoms with Gasteiger partial charge >= 0.3 is 6.03 Å². The molecule has 2 fully saturated rings. The highest BCUT2D eigenvalue weighted by atomic mass is 16.2. The third kappa shape index (κ3) is 3.27. The SMILES string of the molecule is CCCC(C)(C)C1=NN(C(=O)N[C@H]2C[C@H]3CC[C@]2(C)C3(C)C)CC1c1ccccc1. The standard InChI is InChI=1S/C26H39N3O/c1-7-14-24(2,3)22-20(18-11-9-8-10-12-18)17-29(28-22)23(30)27-21-16-19-13-15-26(21,6)25(19,4)5/h8-12,19-21H,7,13-17H2,1-6H3,(H,27,30)/t19-,20?,21+,26+/m1/s1. The van der Waals surface area contributed by atoms with Gasteiger partial charge in [-0.05, 0) is 48.0 Å². The van der Waals surface area contributed by atoms with Crippen LogP contribution in [0.15, 0.2) is 35.4 Å². The minimum Gasteiger partial charge on any atom is -0.333 e. The number of carbonyl (C=O) groups excluding carboxylic acids is 1. The van der Waals surface area contributed by atoms with Gasteiger partial charge in [-0.1, -0.05) is 78.3 Å². The Bertz CT molecular complexity index is 828. The molecular formula is C26H39N3O. The molecule has 1 unspecified atom stereocenters. The molecule has 164 valence electrons. The zero-order chi connectivity index (χ0) is 21.7. The lowest BCUT2D eigenvalue weighted by Crippen LogP contribution is -2.50. The quantitative estimate of drug-likeness (QED) is 0.619. The van der Waals surface area contributed by atoms with Gasteiger partial charge in [0.2, 0.25) is 0 Å². The topological polar surface area (TPSA) is 44.7 Å². The van der Waals surface area contributed by atoms with Crippen LogP contribution >= 0.6 is 0 Å². The maximum atomic E-state index is 13.3. The molecule has 30 heavy (non-hydrogen) atoms. The van der Waals surface area contributed by atoms with E-state index in [4.69, 9.17) is 5.10 Å². The number of fused-ring (bicyclic) bond motifs is 2. The first-order valence-electron chi connectivity index (χ1n) is 11.8. The molecule has 4 heteroatoms. The summed E-state index contributed by atoms with van der Waals surface area (Å²) in [6.45, 7) is 14.5. The molecule has 0 saturated heterocycles. The molecule has 4 nitrogen and oxygen atoms in total. The van der Waals surface area contributed by atoms with Crippen molar-refractivity contribution in [1.82, 2.24) is 10.3 Å². The fraction of sp³-hybridized carbons (Fsp3) is 0.692. The van der Waals surface area contributed by atoms with Gasteiger partial charge in [-0.15, -0.1) is 0 Å². The Hall–Kier alpha value is -1.84. The summed E-state index contributed by atoms with van der Waals surface area (Å²) in [6.07, 6.45) is 5.78. The van der Waals surface area contributed by atoms with Crippen LogP contribution in [0.2, 0.25) is 0 Å². The van der Waals surface area contributed by atoms with Crippen molar-refractivity contribution in [2.75, 3.05) is 6.54 Å². The highest BCUT2D eigenvalue weighted by molar-refractivity contribution is 5.98. The van der Waals surface area contributed by atoms with Crippen LogP contribution in [0.3, 0.4) is 0 Å². The first kappa shape index (κ1) is 21.4. The van der Waals surface area contributed by atoms with Gasteiger partial charge in [0.15, 0.2) is 0 Å². The summed E-state index contributed by atoms with van der Waals surface area (Å²) >= 11 is 0. The molecule has 0 spiro atoms. The average molecular weight is 410 g/mol. The van der Waals surface area contributed by atoms with Crippen LogP contribution in [-0.4, -0.2) is 29.3 Å². The van der Waals surface area contributed by atoms with E-state index in [2.05, 4.69) is 77.2 Å². The maximum absolute atomic E-state index is 13.3. The van der Waals surface area contributed by atoms with Crippen LogP contribution in [0.25, 0.3) is 0 Å². The van der Waals surface area contributed by atoms with Gasteiger partial charge in [0.1, 0.15) is 0 Å². The van der Waals surface area contributed by atoms with Gasteiger partial charge in [-0.2, -0.15) is 5.10 Å². The number of hydrazone groups is 1. The second-order valence-electron chi connectivity index (χ2n) is 11.3. The molecule has 2 amide bonds. The van der Waals surface area contributed by atoms with Crippen molar-refractivity contribution < 1.29 is 4.79 Å². The lowest BCUT2D eigenvalue weighted by molar-refractivity contribution is 0.118. The lowest BCUT2D eigenvalue weighted by Gasteiger charge is -2.39. The van der Waals surface area contributed by atoms with Crippen molar-refractivity contribution in [2.45, 2.75) is 85.6 Å². The Kier molecular flexibility index (Phi) is 5.27. The molecule has 4 atom stereocenters. The third-order valence-electron chi connectivity index (χ3n) is 9.01. The van der Waals surface area contributed by atoms with Crippen molar-refractivity contribution >= 4 is 11.7 Å². The van der Waals surface area contributed by atoms with Crippen LogP contribution < -0.4 is 5.32 Å². The van der Waals surface area contributed by atoms with Crippen LogP contribution in [0, 0.1) is 22.2 Å². The summed E-state index contributed by atoms with van der Waals surface area (Å²) in [5.41, 5.74) is 2.85. The second kappa shape index (κ2) is 7.39. The highest BCUT2D eigenvalue weighted by Gasteiger charge is 2.61. The number of rotatable bonds is 5. The molecule has 1 N–H and O–H groups in total. The highest BCUT2D eigenvalue weighted by Crippen LogP contribution is 2.65. The fourth-order valence-electron chi connectivity index (χ4n) is 6.58. The molecule has 0 radical (unpaired) electrons. The molecule has 2 bridgehead atoms. The summed E-state index contributed by atoms with van der Waals surface area (Å²) in [7, 11) is 0. The van der Waals surface area contributed by atoms with Crippen LogP contribution in [0.4, 0.5) is 4.79 Å². The van der Waals surface area contributed by atoms with Crippen molar-refractivity contribution in [3.63, 3.8) is 0 Å². The molecule has 1 aromatic rings. The van der Waals surface area contributed by atoms with E-state index in [-0.39, 0.29) is 28.8 Å². The first-order valence-corrected chi connectivity index (χ1v) is 11.8. The zero-order valence-electron chi connectivity index (χ0n) is 19.7. The Morgan fingerprint density at radius 1 is 1.23 bits per heavy atom. The lowest BCUT2D eigenvalue weighted by atomic mass is 9.69. The van der Waals surface area contributed by atoms with Crippen LogP contribution in [0.1, 0.15) is 85.1 Å². The fourth-order valence-corrected chi connectivity index (χ4v) is 6.58. The normalized spacial score (nSPS) is 32.4. The molecule has 2 aliphatic carbocycles. The van der Waals surface area contributed by atoms with E-state index in [0.29, 0.717) is 17.9 Å². The van der Waals surface area contributed by atoms with E-state index in [0.717, 1.165) is 25.0 Å². The number of benzene rings is 1. The molecule has 1 aliphatic heterocycles. The predicted molar refractivity (Wildman–Crippen MR) is 124 cm³/mol. The molecular weight excluding hydrogens is 370 g/mol. The molecule has 1 aromatic carbocycles. The van der Waals surface area contributed by atoms with E-state index in [1.54, 1.807) is 5.01 Å². The summed E-state index contributed by atoms with van der Waals surface area (Å²) in [5.74, 6) is 0.886. The minimum absolute atomic E-state index is 0.0206. The van der Waals surface area contributed by atoms with E-state index in [1.807, 2.05) is 0 Å². The first-order chi connectivity index (χ1) is 14.1. The number of nitrogens with one attached hydrogen (secondary N) is 1. The Morgan fingerprint density at radius 2 is 1.93 bits per heavy atom. The van der Waals surface area contributed by atoms with Gasteiger partial charge in [0, 0.05) is 17.4 Å². The summed E-state index contributed by atoms with van der Waals surface area (Å²) in [6, 6.07) is 10.8. The van der Waals surface area contributed by atoms with Crippen molar-refractivity contribution in [3.8, 4) is 0 Å². The summed E-state index contributed by atoms with van der Waals surface area (Å²) in [4.78, 5) is 13.3. The molecule has 4 rings (SSSR count). The molecule has 3 aliphatic rings. The molecule has 2 saturated carbocycles. The summed E-state index contributed by atoms with van der Waals surface area (Å²) < 4.78 is 0. The zero-order valence-corrected chi connectivity index (χ0v) is 19.7. The number of hydrogen-bond acceptors (Lipinski definition) is 2. The number of amides is 2. The van der Waals surface area contributed by atoms with E-state index in [1.165, 1.54) is 18.4 Å². The smallest absolute Gasteiger partial charge is 0.333 e. The molecule has 0 aromatic heterocycles. The Balaban J connectivity index is 1.56. The maximum Gasteiger partial charge on any atom is 0.338 e. The number of urea groups is 1. The Labute approximate surface area is 182 Å². The largest absolute Gasteiger partial charge is 0.338 e. The third-order valence-corrected chi connectivity index (χ3v) is 9.01. The van der Waals surface area contributed by atoms with Gasteiger partial charge < -0.3 is 5.32 Å². The molecule has 1 heterocycles. The van der Waals surface area contributed by atoms with Gasteiger partial charge in [0.05, 0.1) is 12.3 Å². The van der Waals surface area contributed by atoms with Gasteiger partial charge in [0.25, 0.3) is 0 Å². The minimum atomic E-state index is -0.0231. The van der Waals surface area contributed by atoms with Crippen LogP contribution in [-0.2, 0) is 0 Å². The Morgan fingerprint density at radius 3 is 2.50 bits per heavy atom. The number of carbonyl (C=O) groups is 1. The number of hydrogen-bond donors (Lipinski definition) is 1.